The van der Waals surface area contributed by atoms with Crippen LogP contribution in [0.3, 0.4) is 0 Å². The van der Waals surface area contributed by atoms with Crippen molar-refractivity contribution < 1.29 is 0 Å². The van der Waals surface area contributed by atoms with Crippen molar-refractivity contribution in [1.82, 2.24) is 0 Å². The lowest BCUT2D eigenvalue weighted by atomic mass is 9.79. The summed E-state index contributed by atoms with van der Waals surface area (Å²) >= 11 is 6.29. The largest absolute Gasteiger partial charge is 0.381 e. The van der Waals surface area contributed by atoms with Crippen LogP contribution in [0.15, 0.2) is 18.2 Å². The quantitative estimate of drug-likeness (QED) is 0.872. The molecule has 0 aliphatic heterocycles. The average molecular weight is 287 g/mol. The van der Waals surface area contributed by atoms with Crippen LogP contribution in [0.2, 0.25) is 5.02 Å². The van der Waals surface area contributed by atoms with Crippen LogP contribution in [0.4, 0.5) is 5.69 Å². The fourth-order valence-electron chi connectivity index (χ4n) is 5.14. The van der Waals surface area contributed by atoms with Gasteiger partial charge in [-0.05, 0) is 67.6 Å². The SMILES string of the molecule is N#Cc1ccc(NC2CC3CC2C2CCCC32)c(Cl)c1. The van der Waals surface area contributed by atoms with E-state index in [1.807, 2.05) is 12.1 Å². The molecular formula is C17H19ClN2. The maximum Gasteiger partial charge on any atom is 0.0992 e. The van der Waals surface area contributed by atoms with Crippen molar-refractivity contribution in [2.45, 2.75) is 38.1 Å². The van der Waals surface area contributed by atoms with Gasteiger partial charge in [0.1, 0.15) is 0 Å². The van der Waals surface area contributed by atoms with Crippen molar-refractivity contribution in [3.63, 3.8) is 0 Å². The van der Waals surface area contributed by atoms with Gasteiger partial charge in [-0.2, -0.15) is 5.26 Å². The van der Waals surface area contributed by atoms with Crippen LogP contribution in [0, 0.1) is 35.0 Å². The lowest BCUT2D eigenvalue weighted by Crippen LogP contribution is -2.33. The maximum atomic E-state index is 8.90. The predicted octanol–water partition coefficient (Wildman–Crippen LogP) is 4.45. The molecule has 3 aliphatic rings. The number of rotatable bonds is 2. The Morgan fingerprint density at radius 3 is 2.80 bits per heavy atom. The minimum atomic E-state index is 0.588. The molecule has 5 atom stereocenters. The zero-order valence-electron chi connectivity index (χ0n) is 11.5. The first-order chi connectivity index (χ1) is 9.76. The summed E-state index contributed by atoms with van der Waals surface area (Å²) in [6, 6.07) is 8.29. The van der Waals surface area contributed by atoms with Crippen molar-refractivity contribution >= 4 is 17.3 Å². The lowest BCUT2D eigenvalue weighted by molar-refractivity contribution is 0.243. The van der Waals surface area contributed by atoms with Gasteiger partial charge in [-0.25, -0.2) is 0 Å². The third-order valence-electron chi connectivity index (χ3n) is 5.87. The molecule has 2 bridgehead atoms. The number of nitrogens with one attached hydrogen (secondary N) is 1. The van der Waals surface area contributed by atoms with E-state index in [0.29, 0.717) is 16.6 Å². The van der Waals surface area contributed by atoms with Gasteiger partial charge >= 0.3 is 0 Å². The molecule has 0 spiro atoms. The minimum Gasteiger partial charge on any atom is -0.381 e. The van der Waals surface area contributed by atoms with Gasteiger partial charge in [0.05, 0.1) is 22.3 Å². The Balaban J connectivity index is 1.52. The van der Waals surface area contributed by atoms with Gasteiger partial charge < -0.3 is 5.32 Å². The number of benzene rings is 1. The summed E-state index contributed by atoms with van der Waals surface area (Å²) in [6.45, 7) is 0. The Bertz CT molecular complexity index is 577. The molecule has 20 heavy (non-hydrogen) atoms. The summed E-state index contributed by atoms with van der Waals surface area (Å²) in [4.78, 5) is 0. The average Bonchev–Trinajstić information content (AvgIpc) is 3.12. The second-order valence-corrected chi connectivity index (χ2v) is 7.12. The van der Waals surface area contributed by atoms with Gasteiger partial charge in [0.15, 0.2) is 0 Å². The van der Waals surface area contributed by atoms with Crippen LogP contribution in [0.5, 0.6) is 0 Å². The standard InChI is InChI=1S/C17H19ClN2/c18-15-6-10(9-19)4-5-16(15)20-17-8-11-7-14(17)13-3-1-2-12(11)13/h4-6,11-14,17,20H,1-3,7-8H2. The number of hydrogen-bond donors (Lipinski definition) is 1. The second-order valence-electron chi connectivity index (χ2n) is 6.71. The van der Waals surface area contributed by atoms with Crippen LogP contribution >= 0.6 is 11.6 Å². The van der Waals surface area contributed by atoms with Gasteiger partial charge in [-0.3, -0.25) is 0 Å². The second kappa shape index (κ2) is 4.67. The van der Waals surface area contributed by atoms with Crippen molar-refractivity contribution in [2.24, 2.45) is 23.7 Å². The molecule has 1 aromatic carbocycles. The summed E-state index contributed by atoms with van der Waals surface area (Å²) in [5, 5.41) is 13.2. The third-order valence-corrected chi connectivity index (χ3v) is 6.18. The Kier molecular flexibility index (Phi) is 2.93. The normalized spacial score (nSPS) is 37.7. The Morgan fingerprint density at radius 1 is 1.15 bits per heavy atom. The van der Waals surface area contributed by atoms with Crippen molar-refractivity contribution in [3.05, 3.63) is 28.8 Å². The first-order valence-electron chi connectivity index (χ1n) is 7.72. The van der Waals surface area contributed by atoms with Crippen LogP contribution in [0.1, 0.15) is 37.7 Å². The van der Waals surface area contributed by atoms with Crippen LogP contribution < -0.4 is 5.32 Å². The molecular weight excluding hydrogens is 268 g/mol. The highest BCUT2D eigenvalue weighted by Gasteiger charge is 2.53. The predicted molar refractivity (Wildman–Crippen MR) is 80.6 cm³/mol. The topological polar surface area (TPSA) is 35.8 Å². The smallest absolute Gasteiger partial charge is 0.0992 e. The maximum absolute atomic E-state index is 8.90. The Hall–Kier alpha value is -1.20. The van der Waals surface area contributed by atoms with Crippen LogP contribution in [-0.4, -0.2) is 6.04 Å². The molecule has 0 saturated heterocycles. The number of fused-ring (bicyclic) bond motifs is 5. The third kappa shape index (κ3) is 1.84. The van der Waals surface area contributed by atoms with Gasteiger partial charge in [-0.15, -0.1) is 0 Å². The molecule has 1 N–H and O–H groups in total. The van der Waals surface area contributed by atoms with Gasteiger partial charge in [0.25, 0.3) is 0 Å². The number of hydrogen-bond acceptors (Lipinski definition) is 2. The molecule has 3 aliphatic carbocycles. The monoisotopic (exact) mass is 286 g/mol. The molecule has 1 aromatic rings. The Labute approximate surface area is 125 Å². The molecule has 0 heterocycles. The van der Waals surface area contributed by atoms with Crippen LogP contribution in [-0.2, 0) is 0 Å². The number of anilines is 1. The summed E-state index contributed by atoms with van der Waals surface area (Å²) in [5.74, 6) is 3.78. The highest BCUT2D eigenvalue weighted by atomic mass is 35.5. The van der Waals surface area contributed by atoms with E-state index in [9.17, 15) is 0 Å². The zero-order chi connectivity index (χ0) is 13.7. The van der Waals surface area contributed by atoms with E-state index in [1.165, 1.54) is 32.1 Å². The fourth-order valence-corrected chi connectivity index (χ4v) is 5.37. The van der Waals surface area contributed by atoms with E-state index in [2.05, 4.69) is 11.4 Å². The minimum absolute atomic E-state index is 0.588. The van der Waals surface area contributed by atoms with Gasteiger partial charge in [0.2, 0.25) is 0 Å². The summed E-state index contributed by atoms with van der Waals surface area (Å²) in [6.07, 6.45) is 7.07. The molecule has 3 fully saturated rings. The first-order valence-corrected chi connectivity index (χ1v) is 8.10. The van der Waals surface area contributed by atoms with Gasteiger partial charge in [-0.1, -0.05) is 18.0 Å². The van der Waals surface area contributed by atoms with Crippen molar-refractivity contribution in [3.8, 4) is 6.07 Å². The van der Waals surface area contributed by atoms with Gasteiger partial charge in [0, 0.05) is 6.04 Å². The molecule has 3 heteroatoms. The summed E-state index contributed by atoms with van der Waals surface area (Å²) < 4.78 is 0. The fraction of sp³-hybridized carbons (Fsp3) is 0.588. The van der Waals surface area contributed by atoms with Crippen molar-refractivity contribution in [2.75, 3.05) is 5.32 Å². The van der Waals surface area contributed by atoms with E-state index in [0.717, 1.165) is 29.4 Å². The van der Waals surface area contributed by atoms with E-state index >= 15 is 0 Å². The van der Waals surface area contributed by atoms with Crippen molar-refractivity contribution in [1.29, 1.82) is 5.26 Å². The number of halogens is 1. The summed E-state index contributed by atoms with van der Waals surface area (Å²) in [7, 11) is 0. The highest BCUT2D eigenvalue weighted by molar-refractivity contribution is 6.33. The number of nitriles is 1. The molecule has 0 aromatic heterocycles. The van der Waals surface area contributed by atoms with E-state index in [-0.39, 0.29) is 0 Å². The molecule has 4 rings (SSSR count). The molecule has 104 valence electrons. The lowest BCUT2D eigenvalue weighted by Gasteiger charge is -2.33. The molecule has 0 radical (unpaired) electrons. The summed E-state index contributed by atoms with van der Waals surface area (Å²) in [5.41, 5.74) is 1.63. The molecule has 5 unspecified atom stereocenters. The highest BCUT2D eigenvalue weighted by Crippen LogP contribution is 2.59. The molecule has 2 nitrogen and oxygen atoms in total. The molecule has 0 amide bonds. The molecule has 3 saturated carbocycles. The van der Waals surface area contributed by atoms with E-state index in [4.69, 9.17) is 16.9 Å². The Morgan fingerprint density at radius 2 is 2.00 bits per heavy atom. The van der Waals surface area contributed by atoms with E-state index < -0.39 is 0 Å². The zero-order valence-corrected chi connectivity index (χ0v) is 12.2. The number of nitrogens with zero attached hydrogens (tertiary/aromatic N) is 1. The first kappa shape index (κ1) is 12.5. The van der Waals surface area contributed by atoms with Crippen LogP contribution in [0.25, 0.3) is 0 Å². The van der Waals surface area contributed by atoms with E-state index in [1.54, 1.807) is 6.07 Å².